The van der Waals surface area contributed by atoms with E-state index in [4.69, 9.17) is 10.5 Å². The first-order valence-electron chi connectivity index (χ1n) is 4.77. The van der Waals surface area contributed by atoms with E-state index in [-0.39, 0.29) is 11.4 Å². The lowest BCUT2D eigenvalue weighted by atomic mass is 10.1. The summed E-state index contributed by atoms with van der Waals surface area (Å²) in [4.78, 5) is 0. The molecule has 0 radical (unpaired) electrons. The van der Waals surface area contributed by atoms with Gasteiger partial charge in [0.05, 0.1) is 23.5 Å². The molecule has 3 nitrogen and oxygen atoms in total. The third-order valence-electron chi connectivity index (χ3n) is 1.99. The van der Waals surface area contributed by atoms with E-state index < -0.39 is 0 Å². The van der Waals surface area contributed by atoms with Gasteiger partial charge < -0.3 is 15.8 Å². The monoisotopic (exact) mass is 212 g/mol. The topological polar surface area (TPSA) is 47.3 Å². The van der Waals surface area contributed by atoms with Crippen LogP contribution in [-0.2, 0) is 4.74 Å². The molecule has 0 heterocycles. The van der Waals surface area contributed by atoms with Crippen LogP contribution in [0.5, 0.6) is 0 Å². The molecule has 0 aliphatic heterocycles. The van der Waals surface area contributed by atoms with Crippen molar-refractivity contribution in [1.29, 1.82) is 0 Å². The van der Waals surface area contributed by atoms with Crippen LogP contribution in [0.2, 0.25) is 0 Å². The predicted octanol–water partition coefficient (Wildman–Crippen LogP) is 2.24. The zero-order chi connectivity index (χ0) is 11.5. The third kappa shape index (κ3) is 3.40. The van der Waals surface area contributed by atoms with Crippen molar-refractivity contribution in [3.63, 3.8) is 0 Å². The Balaban J connectivity index is 2.80. The van der Waals surface area contributed by atoms with Crippen molar-refractivity contribution >= 4 is 11.4 Å². The summed E-state index contributed by atoms with van der Waals surface area (Å²) in [5.41, 5.74) is 6.57. The fraction of sp³-hybridized carbons (Fsp3) is 0.455. The number of hydrogen-bond donors (Lipinski definition) is 2. The lowest BCUT2D eigenvalue weighted by Gasteiger charge is -2.27. The molecule has 0 aliphatic carbocycles. The van der Waals surface area contributed by atoms with Crippen molar-refractivity contribution in [3.05, 3.63) is 24.0 Å². The Bertz CT molecular complexity index is 339. The maximum absolute atomic E-state index is 12.8. The number of nitrogens with one attached hydrogen (secondary N) is 1. The molecule has 1 aromatic rings. The number of rotatable bonds is 4. The average Bonchev–Trinajstić information content (AvgIpc) is 2.09. The molecule has 3 N–H and O–H groups in total. The number of ether oxygens (including phenoxy) is 1. The molecule has 0 aliphatic rings. The zero-order valence-corrected chi connectivity index (χ0v) is 9.30. The highest BCUT2D eigenvalue weighted by Gasteiger charge is 2.18. The van der Waals surface area contributed by atoms with Gasteiger partial charge in [-0.05, 0) is 32.0 Å². The Hall–Kier alpha value is -1.29. The molecule has 84 valence electrons. The summed E-state index contributed by atoms with van der Waals surface area (Å²) in [6.45, 7) is 4.52. The summed E-state index contributed by atoms with van der Waals surface area (Å²) >= 11 is 0. The SMILES string of the molecule is COCC(C)(C)Nc1ccc(F)cc1N. The van der Waals surface area contributed by atoms with E-state index in [9.17, 15) is 4.39 Å². The number of hydrogen-bond acceptors (Lipinski definition) is 3. The Kier molecular flexibility index (Phi) is 3.52. The first-order chi connectivity index (χ1) is 6.94. The minimum Gasteiger partial charge on any atom is -0.397 e. The van der Waals surface area contributed by atoms with Crippen molar-refractivity contribution in [2.75, 3.05) is 24.8 Å². The second-order valence-corrected chi connectivity index (χ2v) is 4.17. The minimum absolute atomic E-state index is 0.235. The Morgan fingerprint density at radius 1 is 1.47 bits per heavy atom. The number of benzene rings is 1. The first kappa shape index (κ1) is 11.8. The summed E-state index contributed by atoms with van der Waals surface area (Å²) in [7, 11) is 1.64. The summed E-state index contributed by atoms with van der Waals surface area (Å²) in [6, 6.07) is 4.30. The highest BCUT2D eigenvalue weighted by atomic mass is 19.1. The highest BCUT2D eigenvalue weighted by Crippen LogP contribution is 2.23. The summed E-state index contributed by atoms with van der Waals surface area (Å²) in [5, 5.41) is 3.20. The number of halogens is 1. The number of anilines is 2. The molecule has 1 rings (SSSR count). The van der Waals surface area contributed by atoms with E-state index >= 15 is 0 Å². The molecular weight excluding hydrogens is 195 g/mol. The van der Waals surface area contributed by atoms with Gasteiger partial charge in [0.2, 0.25) is 0 Å². The van der Waals surface area contributed by atoms with E-state index in [2.05, 4.69) is 5.32 Å². The van der Waals surface area contributed by atoms with Crippen LogP contribution < -0.4 is 11.1 Å². The molecule has 0 fully saturated rings. The minimum atomic E-state index is -0.331. The van der Waals surface area contributed by atoms with Gasteiger partial charge in [0.15, 0.2) is 0 Å². The van der Waals surface area contributed by atoms with Gasteiger partial charge in [-0.1, -0.05) is 0 Å². The number of methoxy groups -OCH3 is 1. The maximum Gasteiger partial charge on any atom is 0.125 e. The molecule has 0 saturated heterocycles. The molecule has 1 aromatic carbocycles. The van der Waals surface area contributed by atoms with Crippen molar-refractivity contribution < 1.29 is 9.13 Å². The van der Waals surface area contributed by atoms with Gasteiger partial charge in [0, 0.05) is 7.11 Å². The predicted molar refractivity (Wildman–Crippen MR) is 60.4 cm³/mol. The van der Waals surface area contributed by atoms with Gasteiger partial charge >= 0.3 is 0 Å². The molecule has 0 aromatic heterocycles. The fourth-order valence-corrected chi connectivity index (χ4v) is 1.41. The van der Waals surface area contributed by atoms with Crippen LogP contribution in [-0.4, -0.2) is 19.3 Å². The second-order valence-electron chi connectivity index (χ2n) is 4.17. The first-order valence-corrected chi connectivity index (χ1v) is 4.77. The molecular formula is C11H17FN2O. The standard InChI is InChI=1S/C11H17FN2O/c1-11(2,7-15-3)14-10-5-4-8(12)6-9(10)13/h4-6,14H,7,13H2,1-3H3. The fourth-order valence-electron chi connectivity index (χ4n) is 1.41. The van der Waals surface area contributed by atoms with Crippen LogP contribution in [0.3, 0.4) is 0 Å². The van der Waals surface area contributed by atoms with Crippen molar-refractivity contribution in [2.24, 2.45) is 0 Å². The largest absolute Gasteiger partial charge is 0.397 e. The molecule has 0 saturated carbocycles. The molecule has 0 atom stereocenters. The van der Waals surface area contributed by atoms with Crippen LogP contribution >= 0.6 is 0 Å². The lowest BCUT2D eigenvalue weighted by molar-refractivity contribution is 0.158. The smallest absolute Gasteiger partial charge is 0.125 e. The average molecular weight is 212 g/mol. The Morgan fingerprint density at radius 2 is 2.13 bits per heavy atom. The van der Waals surface area contributed by atoms with Crippen LogP contribution in [0.1, 0.15) is 13.8 Å². The second kappa shape index (κ2) is 4.49. The van der Waals surface area contributed by atoms with Crippen molar-refractivity contribution in [3.8, 4) is 0 Å². The van der Waals surface area contributed by atoms with E-state index in [0.717, 1.165) is 5.69 Å². The van der Waals surface area contributed by atoms with Crippen LogP contribution in [0, 0.1) is 5.82 Å². The highest BCUT2D eigenvalue weighted by molar-refractivity contribution is 5.66. The molecule has 0 unspecified atom stereocenters. The maximum atomic E-state index is 12.8. The van der Waals surface area contributed by atoms with Crippen molar-refractivity contribution in [1.82, 2.24) is 0 Å². The molecule has 15 heavy (non-hydrogen) atoms. The van der Waals surface area contributed by atoms with Gasteiger partial charge in [-0.25, -0.2) is 4.39 Å². The number of nitrogens with two attached hydrogens (primary N) is 1. The van der Waals surface area contributed by atoms with Gasteiger partial charge in [0.1, 0.15) is 5.82 Å². The molecule has 0 spiro atoms. The third-order valence-corrected chi connectivity index (χ3v) is 1.99. The van der Waals surface area contributed by atoms with E-state index in [1.807, 2.05) is 13.8 Å². The van der Waals surface area contributed by atoms with Gasteiger partial charge in [-0.2, -0.15) is 0 Å². The number of nitrogen functional groups attached to an aromatic ring is 1. The molecule has 0 amide bonds. The van der Waals surface area contributed by atoms with E-state index in [0.29, 0.717) is 12.3 Å². The lowest BCUT2D eigenvalue weighted by Crippen LogP contribution is -2.36. The summed E-state index contributed by atoms with van der Waals surface area (Å²) in [6.07, 6.45) is 0. The normalized spacial score (nSPS) is 11.5. The van der Waals surface area contributed by atoms with Gasteiger partial charge in [-0.3, -0.25) is 0 Å². The van der Waals surface area contributed by atoms with Crippen molar-refractivity contribution in [2.45, 2.75) is 19.4 Å². The molecule has 4 heteroatoms. The zero-order valence-electron chi connectivity index (χ0n) is 9.30. The summed E-state index contributed by atoms with van der Waals surface area (Å²) in [5.74, 6) is -0.331. The molecule has 0 bridgehead atoms. The van der Waals surface area contributed by atoms with Gasteiger partial charge in [0.25, 0.3) is 0 Å². The van der Waals surface area contributed by atoms with Crippen LogP contribution in [0.25, 0.3) is 0 Å². The Morgan fingerprint density at radius 3 is 2.67 bits per heavy atom. The van der Waals surface area contributed by atoms with E-state index in [1.54, 1.807) is 13.2 Å². The van der Waals surface area contributed by atoms with Gasteiger partial charge in [-0.15, -0.1) is 0 Å². The quantitative estimate of drug-likeness (QED) is 0.752. The van der Waals surface area contributed by atoms with Crippen LogP contribution in [0.4, 0.5) is 15.8 Å². The van der Waals surface area contributed by atoms with E-state index in [1.165, 1.54) is 12.1 Å². The van der Waals surface area contributed by atoms with Crippen LogP contribution in [0.15, 0.2) is 18.2 Å². The Labute approximate surface area is 89.4 Å². The summed E-state index contributed by atoms with van der Waals surface area (Å²) < 4.78 is 17.9.